The highest BCUT2D eigenvalue weighted by Crippen LogP contribution is 2.26. The molecule has 6 heteroatoms. The molecule has 0 radical (unpaired) electrons. The number of nitrogens with zero attached hydrogens (tertiary/aromatic N) is 3. The van der Waals surface area contributed by atoms with E-state index in [9.17, 15) is 4.79 Å². The summed E-state index contributed by atoms with van der Waals surface area (Å²) in [5.74, 6) is 0. The Kier molecular flexibility index (Phi) is 4.05. The average molecular weight is 362 g/mol. The molecule has 5 nitrogen and oxygen atoms in total. The number of aryl methyl sites for hydroxylation is 3. The zero-order valence-electron chi connectivity index (χ0n) is 14.8. The zero-order valence-corrected chi connectivity index (χ0v) is 15.6. The molecule has 0 saturated heterocycles. The van der Waals surface area contributed by atoms with Crippen LogP contribution in [0.2, 0.25) is 0 Å². The Labute approximate surface area is 155 Å². The van der Waals surface area contributed by atoms with Crippen LogP contribution in [0.1, 0.15) is 16.7 Å². The van der Waals surface area contributed by atoms with Crippen molar-refractivity contribution < 1.29 is 0 Å². The molecule has 0 amide bonds. The van der Waals surface area contributed by atoms with E-state index in [1.165, 1.54) is 16.9 Å². The summed E-state index contributed by atoms with van der Waals surface area (Å²) in [6.07, 6.45) is 1.57. The van der Waals surface area contributed by atoms with Crippen molar-refractivity contribution in [3.63, 3.8) is 0 Å². The first kappa shape index (κ1) is 16.5. The highest BCUT2D eigenvalue weighted by Gasteiger charge is 2.14. The molecule has 2 aromatic heterocycles. The fourth-order valence-electron chi connectivity index (χ4n) is 3.22. The second kappa shape index (κ2) is 6.38. The molecule has 0 bridgehead atoms. The van der Waals surface area contributed by atoms with Crippen molar-refractivity contribution in [2.75, 3.05) is 5.32 Å². The highest BCUT2D eigenvalue weighted by molar-refractivity contribution is 7.22. The molecular formula is C20H18N4OS. The molecule has 0 saturated carbocycles. The molecule has 4 rings (SSSR count). The molecule has 130 valence electrons. The van der Waals surface area contributed by atoms with Gasteiger partial charge in [0.1, 0.15) is 11.0 Å². The summed E-state index contributed by atoms with van der Waals surface area (Å²) in [7, 11) is 0. The first-order valence-corrected chi connectivity index (χ1v) is 9.13. The smallest absolute Gasteiger partial charge is 0.277 e. The number of thiazole rings is 1. The standard InChI is InChI=1S/C20H18N4OS/c1-12-9-13(2)16(14(3)10-12)24-11-21-18-17(19(24)25)26-20(23-18)22-15-7-5-4-6-8-15/h4-11H,1-3H3,(H,22,23). The normalized spacial score (nSPS) is 11.0. The number of rotatable bonds is 3. The number of anilines is 2. The number of hydrogen-bond donors (Lipinski definition) is 1. The average Bonchev–Trinajstić information content (AvgIpc) is 3.00. The monoisotopic (exact) mass is 362 g/mol. The molecule has 2 heterocycles. The lowest BCUT2D eigenvalue weighted by molar-refractivity contribution is 0.939. The highest BCUT2D eigenvalue weighted by atomic mass is 32.1. The van der Waals surface area contributed by atoms with E-state index >= 15 is 0 Å². The van der Waals surface area contributed by atoms with Crippen LogP contribution in [-0.2, 0) is 0 Å². The van der Waals surface area contributed by atoms with Crippen LogP contribution in [0.5, 0.6) is 0 Å². The third kappa shape index (κ3) is 2.88. The van der Waals surface area contributed by atoms with Gasteiger partial charge in [0.25, 0.3) is 5.56 Å². The maximum Gasteiger partial charge on any atom is 0.277 e. The van der Waals surface area contributed by atoms with Gasteiger partial charge in [-0.05, 0) is 44.0 Å². The van der Waals surface area contributed by atoms with Crippen LogP contribution in [0.25, 0.3) is 16.0 Å². The zero-order chi connectivity index (χ0) is 18.3. The van der Waals surface area contributed by atoms with Crippen LogP contribution in [0.15, 0.2) is 53.6 Å². The Morgan fingerprint density at radius 1 is 1.04 bits per heavy atom. The molecule has 0 spiro atoms. The van der Waals surface area contributed by atoms with E-state index < -0.39 is 0 Å². The summed E-state index contributed by atoms with van der Waals surface area (Å²) in [6.45, 7) is 6.08. The quantitative estimate of drug-likeness (QED) is 0.582. The van der Waals surface area contributed by atoms with E-state index in [0.717, 1.165) is 22.5 Å². The van der Waals surface area contributed by atoms with E-state index in [2.05, 4.69) is 34.3 Å². The van der Waals surface area contributed by atoms with Gasteiger partial charge >= 0.3 is 0 Å². The fraction of sp³-hybridized carbons (Fsp3) is 0.150. The minimum Gasteiger partial charge on any atom is -0.331 e. The number of nitrogens with one attached hydrogen (secondary N) is 1. The molecule has 0 aliphatic carbocycles. The summed E-state index contributed by atoms with van der Waals surface area (Å²) < 4.78 is 2.17. The van der Waals surface area contributed by atoms with Crippen LogP contribution in [0, 0.1) is 20.8 Å². The van der Waals surface area contributed by atoms with Gasteiger partial charge in [-0.25, -0.2) is 4.98 Å². The predicted molar refractivity (Wildman–Crippen MR) is 107 cm³/mol. The van der Waals surface area contributed by atoms with Gasteiger partial charge in [0.05, 0.1) is 5.69 Å². The second-order valence-electron chi connectivity index (χ2n) is 6.33. The Hall–Kier alpha value is -2.99. The summed E-state index contributed by atoms with van der Waals surface area (Å²) in [4.78, 5) is 21.9. The van der Waals surface area contributed by atoms with E-state index in [1.54, 1.807) is 10.9 Å². The van der Waals surface area contributed by atoms with Gasteiger partial charge < -0.3 is 5.32 Å². The van der Waals surface area contributed by atoms with Crippen molar-refractivity contribution in [2.24, 2.45) is 0 Å². The molecule has 1 N–H and O–H groups in total. The maximum absolute atomic E-state index is 13.0. The second-order valence-corrected chi connectivity index (χ2v) is 7.33. The topological polar surface area (TPSA) is 59.8 Å². The molecule has 0 aliphatic heterocycles. The van der Waals surface area contributed by atoms with E-state index in [0.29, 0.717) is 15.5 Å². The minimum atomic E-state index is -0.0938. The van der Waals surface area contributed by atoms with Crippen LogP contribution < -0.4 is 10.9 Å². The van der Waals surface area contributed by atoms with Gasteiger partial charge in [0.2, 0.25) is 0 Å². The first-order chi connectivity index (χ1) is 12.5. The van der Waals surface area contributed by atoms with Crippen LogP contribution in [-0.4, -0.2) is 14.5 Å². The predicted octanol–water partition coefficient (Wildman–Crippen LogP) is 4.51. The van der Waals surface area contributed by atoms with Crippen LogP contribution in [0.3, 0.4) is 0 Å². The molecule has 0 atom stereocenters. The summed E-state index contributed by atoms with van der Waals surface area (Å²) in [5, 5.41) is 3.89. The van der Waals surface area contributed by atoms with Gasteiger partial charge in [0, 0.05) is 5.69 Å². The Morgan fingerprint density at radius 2 is 1.73 bits per heavy atom. The molecule has 0 aliphatic rings. The fourth-order valence-corrected chi connectivity index (χ4v) is 4.09. The lowest BCUT2D eigenvalue weighted by atomic mass is 10.1. The lowest BCUT2D eigenvalue weighted by Gasteiger charge is -2.13. The van der Waals surface area contributed by atoms with Crippen LogP contribution in [0.4, 0.5) is 10.8 Å². The van der Waals surface area contributed by atoms with E-state index in [-0.39, 0.29) is 5.56 Å². The molecular weight excluding hydrogens is 344 g/mol. The number of aromatic nitrogens is 3. The summed E-state index contributed by atoms with van der Waals surface area (Å²) in [6, 6.07) is 13.9. The third-order valence-corrected chi connectivity index (χ3v) is 5.17. The van der Waals surface area contributed by atoms with Gasteiger partial charge in [-0.2, -0.15) is 4.98 Å². The molecule has 0 fully saturated rings. The molecule has 26 heavy (non-hydrogen) atoms. The van der Waals surface area contributed by atoms with Crippen molar-refractivity contribution in [3.8, 4) is 5.69 Å². The SMILES string of the molecule is Cc1cc(C)c(-n2cnc3nc(Nc4ccccc4)sc3c2=O)c(C)c1. The van der Waals surface area contributed by atoms with Gasteiger partial charge in [0.15, 0.2) is 10.8 Å². The van der Waals surface area contributed by atoms with Crippen molar-refractivity contribution >= 4 is 32.5 Å². The lowest BCUT2D eigenvalue weighted by Crippen LogP contribution is -2.19. The summed E-state index contributed by atoms with van der Waals surface area (Å²) in [5.41, 5.74) is 5.48. The largest absolute Gasteiger partial charge is 0.331 e. The van der Waals surface area contributed by atoms with Crippen molar-refractivity contribution in [1.29, 1.82) is 0 Å². The number of hydrogen-bond acceptors (Lipinski definition) is 5. The molecule has 0 unspecified atom stereocenters. The number of fused-ring (bicyclic) bond motifs is 1. The van der Waals surface area contributed by atoms with Crippen LogP contribution >= 0.6 is 11.3 Å². The van der Waals surface area contributed by atoms with Gasteiger partial charge in [-0.1, -0.05) is 47.2 Å². The minimum absolute atomic E-state index is 0.0938. The van der Waals surface area contributed by atoms with E-state index in [4.69, 9.17) is 0 Å². The number of benzene rings is 2. The van der Waals surface area contributed by atoms with Gasteiger partial charge in [-0.15, -0.1) is 0 Å². The van der Waals surface area contributed by atoms with Crippen molar-refractivity contribution in [2.45, 2.75) is 20.8 Å². The Morgan fingerprint density at radius 3 is 2.42 bits per heavy atom. The first-order valence-electron chi connectivity index (χ1n) is 8.31. The number of para-hydroxylation sites is 1. The van der Waals surface area contributed by atoms with Gasteiger partial charge in [-0.3, -0.25) is 9.36 Å². The Balaban J connectivity index is 1.82. The van der Waals surface area contributed by atoms with E-state index in [1.807, 2.05) is 44.2 Å². The van der Waals surface area contributed by atoms with Crippen molar-refractivity contribution in [3.05, 3.63) is 75.8 Å². The third-order valence-electron chi connectivity index (χ3n) is 4.22. The molecule has 2 aromatic carbocycles. The maximum atomic E-state index is 13.0. The van der Waals surface area contributed by atoms with Crippen molar-refractivity contribution in [1.82, 2.24) is 14.5 Å². The summed E-state index contributed by atoms with van der Waals surface area (Å²) >= 11 is 1.32. The molecule has 4 aromatic rings. The Bertz CT molecular complexity index is 1140.